The van der Waals surface area contributed by atoms with Gasteiger partial charge >= 0.3 is 6.09 Å². The topological polar surface area (TPSA) is 138 Å². The molecule has 3 N–H and O–H groups in total. The Hall–Kier alpha value is -3.69. The molecule has 1 aliphatic heterocycles. The number of nitrogens with zero attached hydrogens (tertiary/aromatic N) is 1. The van der Waals surface area contributed by atoms with Gasteiger partial charge in [-0.3, -0.25) is 19.2 Å². The maximum absolute atomic E-state index is 13.4. The summed E-state index contributed by atoms with van der Waals surface area (Å²) in [6.45, 7) is 8.86. The van der Waals surface area contributed by atoms with Crippen LogP contribution in [0.25, 0.3) is 10.9 Å². The van der Waals surface area contributed by atoms with E-state index in [1.54, 1.807) is 27.0 Å². The van der Waals surface area contributed by atoms with Gasteiger partial charge in [0.2, 0.25) is 17.7 Å². The summed E-state index contributed by atoms with van der Waals surface area (Å²) in [6.07, 6.45) is 1.26. The number of amides is 5. The molecule has 36 heavy (non-hydrogen) atoms. The Bertz CT molecular complexity index is 1150. The second kappa shape index (κ2) is 10.9. The predicted molar refractivity (Wildman–Crippen MR) is 133 cm³/mol. The minimum Gasteiger partial charge on any atom is -0.444 e. The number of hydrogen-bond donors (Lipinski definition) is 3. The molecule has 1 aliphatic rings. The van der Waals surface area contributed by atoms with E-state index < -0.39 is 47.4 Å². The van der Waals surface area contributed by atoms with E-state index in [-0.39, 0.29) is 31.6 Å². The number of nitrogens with one attached hydrogen (secondary N) is 3. The minimum absolute atomic E-state index is 0.0158. The molecule has 1 aromatic carbocycles. The number of para-hydroxylation sites is 1. The first-order chi connectivity index (χ1) is 16.9. The molecule has 3 rings (SSSR count). The molecule has 2 aromatic rings. The van der Waals surface area contributed by atoms with E-state index >= 15 is 0 Å². The smallest absolute Gasteiger partial charge is 0.408 e. The first kappa shape index (κ1) is 26.9. The molecule has 10 heteroatoms. The van der Waals surface area contributed by atoms with Gasteiger partial charge in [-0.1, -0.05) is 32.0 Å². The Kier molecular flexibility index (Phi) is 8.17. The third-order valence-electron chi connectivity index (χ3n) is 5.70. The maximum Gasteiger partial charge on any atom is 0.408 e. The molecule has 0 saturated carbocycles. The van der Waals surface area contributed by atoms with Gasteiger partial charge in [0.1, 0.15) is 17.7 Å². The van der Waals surface area contributed by atoms with Crippen LogP contribution in [0.3, 0.4) is 0 Å². The third kappa shape index (κ3) is 6.71. The Labute approximate surface area is 210 Å². The summed E-state index contributed by atoms with van der Waals surface area (Å²) in [5, 5.41) is 6.19. The number of aromatic amines is 1. The highest BCUT2D eigenvalue weighted by molar-refractivity contribution is 6.16. The van der Waals surface area contributed by atoms with Crippen LogP contribution in [-0.2, 0) is 30.3 Å². The average Bonchev–Trinajstić information content (AvgIpc) is 3.33. The summed E-state index contributed by atoms with van der Waals surface area (Å²) in [7, 11) is 0. The van der Waals surface area contributed by atoms with Crippen molar-refractivity contribution in [3.05, 3.63) is 36.0 Å². The van der Waals surface area contributed by atoms with Crippen LogP contribution in [-0.4, -0.2) is 57.3 Å². The number of hydrogen-bond acceptors (Lipinski definition) is 6. The van der Waals surface area contributed by atoms with Crippen LogP contribution in [0.1, 0.15) is 59.4 Å². The van der Waals surface area contributed by atoms with Crippen molar-refractivity contribution >= 4 is 40.6 Å². The van der Waals surface area contributed by atoms with Crippen molar-refractivity contribution in [2.24, 2.45) is 5.92 Å². The molecule has 1 aromatic heterocycles. The minimum atomic E-state index is -1.10. The number of benzene rings is 1. The summed E-state index contributed by atoms with van der Waals surface area (Å²) < 4.78 is 5.35. The molecule has 10 nitrogen and oxygen atoms in total. The van der Waals surface area contributed by atoms with E-state index in [2.05, 4.69) is 15.6 Å². The van der Waals surface area contributed by atoms with Crippen molar-refractivity contribution in [3.63, 3.8) is 0 Å². The molecule has 0 bridgehead atoms. The zero-order valence-corrected chi connectivity index (χ0v) is 21.3. The second-order valence-corrected chi connectivity index (χ2v) is 10.4. The Morgan fingerprint density at radius 2 is 1.67 bits per heavy atom. The lowest BCUT2D eigenvalue weighted by atomic mass is 10.0. The molecule has 2 atom stereocenters. The van der Waals surface area contributed by atoms with Crippen LogP contribution >= 0.6 is 0 Å². The molecule has 0 spiro atoms. The van der Waals surface area contributed by atoms with Crippen molar-refractivity contribution in [2.75, 3.05) is 0 Å². The lowest BCUT2D eigenvalue weighted by Gasteiger charge is -2.27. The molecule has 2 heterocycles. The molecule has 0 aliphatic carbocycles. The number of aromatic nitrogens is 1. The highest BCUT2D eigenvalue weighted by Gasteiger charge is 2.39. The van der Waals surface area contributed by atoms with E-state index in [4.69, 9.17) is 4.74 Å². The van der Waals surface area contributed by atoms with Gasteiger partial charge in [0, 0.05) is 36.4 Å². The fourth-order valence-corrected chi connectivity index (χ4v) is 4.12. The zero-order chi connectivity index (χ0) is 26.6. The van der Waals surface area contributed by atoms with Gasteiger partial charge in [0.05, 0.1) is 0 Å². The van der Waals surface area contributed by atoms with Gasteiger partial charge in [0.15, 0.2) is 0 Å². The fourth-order valence-electron chi connectivity index (χ4n) is 4.12. The van der Waals surface area contributed by atoms with Gasteiger partial charge in [-0.25, -0.2) is 9.69 Å². The molecular formula is C26H34N4O6. The molecule has 194 valence electrons. The monoisotopic (exact) mass is 498 g/mol. The number of rotatable bonds is 8. The molecule has 1 fully saturated rings. The Balaban J connectivity index is 1.85. The van der Waals surface area contributed by atoms with Crippen LogP contribution in [0, 0.1) is 5.92 Å². The third-order valence-corrected chi connectivity index (χ3v) is 5.70. The van der Waals surface area contributed by atoms with Crippen LogP contribution in [0.4, 0.5) is 4.79 Å². The van der Waals surface area contributed by atoms with Gasteiger partial charge in [0.25, 0.3) is 5.91 Å². The molecule has 0 radical (unpaired) electrons. The van der Waals surface area contributed by atoms with Crippen LogP contribution in [0.5, 0.6) is 0 Å². The summed E-state index contributed by atoms with van der Waals surface area (Å²) in [6, 6.07) is 5.38. The molecular weight excluding hydrogens is 464 g/mol. The summed E-state index contributed by atoms with van der Waals surface area (Å²) in [5.41, 5.74) is 0.889. The number of H-pyrrole nitrogens is 1. The number of fused-ring (bicyclic) bond motifs is 1. The van der Waals surface area contributed by atoms with Crippen LogP contribution < -0.4 is 10.6 Å². The van der Waals surface area contributed by atoms with E-state index in [1.165, 1.54) is 0 Å². The fraction of sp³-hybridized carbons (Fsp3) is 0.500. The van der Waals surface area contributed by atoms with Gasteiger partial charge < -0.3 is 20.4 Å². The van der Waals surface area contributed by atoms with E-state index in [1.807, 2.05) is 38.1 Å². The molecule has 1 saturated heterocycles. The van der Waals surface area contributed by atoms with E-state index in [0.29, 0.717) is 4.90 Å². The number of carbonyl (C=O) groups excluding carboxylic acids is 5. The lowest BCUT2D eigenvalue weighted by molar-refractivity contribution is -0.151. The Morgan fingerprint density at radius 3 is 2.28 bits per heavy atom. The number of imide groups is 3. The highest BCUT2D eigenvalue weighted by atomic mass is 16.6. The number of alkyl carbamates (subject to hydrolysis) is 1. The maximum atomic E-state index is 13.4. The van der Waals surface area contributed by atoms with E-state index in [9.17, 15) is 24.0 Å². The van der Waals surface area contributed by atoms with Crippen LogP contribution in [0.2, 0.25) is 0 Å². The normalized spacial score (nSPS) is 15.8. The average molecular weight is 499 g/mol. The number of ether oxygens (including phenoxy) is 1. The SMILES string of the molecule is CC(C)C[C@H](NC(=O)[C@H](Cc1c[nH]c2ccccc12)NC(=O)OC(C)(C)C)C(=O)N1C(=O)CCC1=O. The largest absolute Gasteiger partial charge is 0.444 e. The summed E-state index contributed by atoms with van der Waals surface area (Å²) >= 11 is 0. The van der Waals surface area contributed by atoms with Gasteiger partial charge in [-0.05, 0) is 44.7 Å². The zero-order valence-electron chi connectivity index (χ0n) is 21.3. The van der Waals surface area contributed by atoms with Crippen molar-refractivity contribution < 1.29 is 28.7 Å². The first-order valence-electron chi connectivity index (χ1n) is 12.1. The predicted octanol–water partition coefficient (Wildman–Crippen LogP) is 2.81. The van der Waals surface area contributed by atoms with Crippen molar-refractivity contribution in [1.29, 1.82) is 0 Å². The summed E-state index contributed by atoms with van der Waals surface area (Å²) in [5.74, 6) is -2.54. The standard InChI is InChI=1S/C26H34N4O6/c1-15(2)12-20(24(34)30-21(31)10-11-22(30)32)28-23(33)19(29-25(35)36-26(3,4)5)13-16-14-27-18-9-7-6-8-17(16)18/h6-9,14-15,19-20,27H,10-13H2,1-5H3,(H,28,33)(H,29,35)/t19-,20-/m0/s1. The van der Waals surface area contributed by atoms with Crippen molar-refractivity contribution in [1.82, 2.24) is 20.5 Å². The lowest BCUT2D eigenvalue weighted by Crippen LogP contribution is -2.56. The Morgan fingerprint density at radius 1 is 1.03 bits per heavy atom. The van der Waals surface area contributed by atoms with Crippen LogP contribution in [0.15, 0.2) is 30.5 Å². The summed E-state index contributed by atoms with van der Waals surface area (Å²) in [4.78, 5) is 67.2. The van der Waals surface area contributed by atoms with Gasteiger partial charge in [-0.2, -0.15) is 0 Å². The second-order valence-electron chi connectivity index (χ2n) is 10.4. The van der Waals surface area contributed by atoms with Gasteiger partial charge in [-0.15, -0.1) is 0 Å². The highest BCUT2D eigenvalue weighted by Crippen LogP contribution is 2.20. The van der Waals surface area contributed by atoms with Crippen molar-refractivity contribution in [2.45, 2.75) is 78.0 Å². The van der Waals surface area contributed by atoms with E-state index in [0.717, 1.165) is 16.5 Å². The molecule has 0 unspecified atom stereocenters. The quantitative estimate of drug-likeness (QED) is 0.479. The molecule has 5 amide bonds. The van der Waals surface area contributed by atoms with Crippen molar-refractivity contribution in [3.8, 4) is 0 Å². The number of carbonyl (C=O) groups is 5. The first-order valence-corrected chi connectivity index (χ1v) is 12.1. The number of likely N-dealkylation sites (tertiary alicyclic amines) is 1.